The molecule has 1 heterocycles. The van der Waals surface area contributed by atoms with Gasteiger partial charge in [0.05, 0.1) is 23.1 Å². The largest absolute Gasteiger partial charge is 0.330 e. The lowest BCUT2D eigenvalue weighted by Gasteiger charge is -2.05. The molecule has 0 fully saturated rings. The summed E-state index contributed by atoms with van der Waals surface area (Å²) in [6.45, 7) is 2.45. The van der Waals surface area contributed by atoms with Crippen LogP contribution in [-0.2, 0) is 11.3 Å². The van der Waals surface area contributed by atoms with Crippen LogP contribution in [0.1, 0.15) is 18.9 Å². The molecular weight excluding hydrogens is 288 g/mol. The Bertz CT molecular complexity index is 836. The molecule has 0 aliphatic heterocycles. The van der Waals surface area contributed by atoms with Crippen molar-refractivity contribution in [2.24, 2.45) is 5.10 Å². The summed E-state index contributed by atoms with van der Waals surface area (Å²) in [5.41, 5.74) is 6.35. The number of benzene rings is 2. The fourth-order valence-corrected chi connectivity index (χ4v) is 2.36. The summed E-state index contributed by atoms with van der Waals surface area (Å²) >= 11 is 0. The van der Waals surface area contributed by atoms with E-state index in [0.717, 1.165) is 22.3 Å². The van der Waals surface area contributed by atoms with Crippen molar-refractivity contribution in [2.75, 3.05) is 0 Å². The first-order chi connectivity index (χ1) is 11.2. The Morgan fingerprint density at radius 3 is 2.70 bits per heavy atom. The number of fused-ring (bicyclic) bond motifs is 1. The minimum Gasteiger partial charge on any atom is -0.330 e. The summed E-state index contributed by atoms with van der Waals surface area (Å²) in [6, 6.07) is 17.6. The molecule has 3 rings (SSSR count). The Hall–Kier alpha value is -2.95. The number of aromatic nitrogens is 2. The first-order valence-corrected chi connectivity index (χ1v) is 7.52. The standard InChI is InChI=1S/C18H18N4O/c1-14(15-7-3-2-4-8-15)20-21-18(23)11-12-22-13-19-16-9-5-6-10-17(16)22/h2-10,13H,11-12H2,1H3,(H,21,23)/b20-14+. The summed E-state index contributed by atoms with van der Waals surface area (Å²) in [6.07, 6.45) is 2.11. The quantitative estimate of drug-likeness (QED) is 0.582. The number of hydrogen-bond donors (Lipinski definition) is 1. The molecule has 0 spiro atoms. The Morgan fingerprint density at radius 2 is 1.87 bits per heavy atom. The van der Waals surface area contributed by atoms with E-state index in [9.17, 15) is 4.79 Å². The Kier molecular flexibility index (Phi) is 4.47. The van der Waals surface area contributed by atoms with Gasteiger partial charge in [0.1, 0.15) is 0 Å². The molecule has 0 radical (unpaired) electrons. The van der Waals surface area contributed by atoms with Gasteiger partial charge in [-0.1, -0.05) is 42.5 Å². The van der Waals surface area contributed by atoms with Gasteiger partial charge in [-0.05, 0) is 24.6 Å². The van der Waals surface area contributed by atoms with Crippen molar-refractivity contribution in [3.05, 3.63) is 66.5 Å². The lowest BCUT2D eigenvalue weighted by molar-refractivity contribution is -0.121. The zero-order chi connectivity index (χ0) is 16.1. The molecule has 0 aliphatic rings. The third-order valence-corrected chi connectivity index (χ3v) is 3.65. The molecule has 3 aromatic rings. The summed E-state index contributed by atoms with van der Waals surface area (Å²) in [4.78, 5) is 16.3. The van der Waals surface area contributed by atoms with Crippen LogP contribution in [0.15, 0.2) is 66.0 Å². The van der Waals surface area contributed by atoms with Crippen LogP contribution in [0, 0.1) is 0 Å². The number of para-hydroxylation sites is 2. The molecule has 23 heavy (non-hydrogen) atoms. The minimum atomic E-state index is -0.113. The van der Waals surface area contributed by atoms with Gasteiger partial charge in [-0.15, -0.1) is 0 Å². The molecule has 0 aliphatic carbocycles. The van der Waals surface area contributed by atoms with Gasteiger partial charge in [0, 0.05) is 13.0 Å². The number of nitrogens with zero attached hydrogens (tertiary/aromatic N) is 3. The van der Waals surface area contributed by atoms with Gasteiger partial charge in [0.15, 0.2) is 0 Å². The normalized spacial score (nSPS) is 11.6. The molecule has 1 N–H and O–H groups in total. The van der Waals surface area contributed by atoms with Crippen molar-refractivity contribution in [2.45, 2.75) is 19.9 Å². The van der Waals surface area contributed by atoms with Crippen LogP contribution < -0.4 is 5.43 Å². The number of carbonyl (C=O) groups excluding carboxylic acids is 1. The first-order valence-electron chi connectivity index (χ1n) is 7.52. The fourth-order valence-electron chi connectivity index (χ4n) is 2.36. The van der Waals surface area contributed by atoms with E-state index < -0.39 is 0 Å². The average Bonchev–Trinajstić information content (AvgIpc) is 3.02. The van der Waals surface area contributed by atoms with Gasteiger partial charge in [-0.3, -0.25) is 4.79 Å². The van der Waals surface area contributed by atoms with E-state index in [0.29, 0.717) is 13.0 Å². The van der Waals surface area contributed by atoms with Gasteiger partial charge in [-0.2, -0.15) is 5.10 Å². The molecular formula is C18H18N4O. The maximum atomic E-state index is 12.0. The van der Waals surface area contributed by atoms with Crippen molar-refractivity contribution in [1.82, 2.24) is 15.0 Å². The lowest BCUT2D eigenvalue weighted by Crippen LogP contribution is -2.20. The molecule has 5 heteroatoms. The summed E-state index contributed by atoms with van der Waals surface area (Å²) < 4.78 is 1.97. The number of rotatable bonds is 5. The van der Waals surface area contributed by atoms with Crippen molar-refractivity contribution in [3.63, 3.8) is 0 Å². The van der Waals surface area contributed by atoms with Crippen LogP contribution in [-0.4, -0.2) is 21.2 Å². The van der Waals surface area contributed by atoms with Gasteiger partial charge in [0.25, 0.3) is 0 Å². The third kappa shape index (κ3) is 3.63. The predicted molar refractivity (Wildman–Crippen MR) is 91.1 cm³/mol. The maximum absolute atomic E-state index is 12.0. The van der Waals surface area contributed by atoms with E-state index in [2.05, 4.69) is 15.5 Å². The molecule has 0 saturated carbocycles. The van der Waals surface area contributed by atoms with Crippen LogP contribution in [0.2, 0.25) is 0 Å². The maximum Gasteiger partial charge on any atom is 0.241 e. The zero-order valence-electron chi connectivity index (χ0n) is 12.9. The molecule has 1 amide bonds. The second kappa shape index (κ2) is 6.87. The van der Waals surface area contributed by atoms with E-state index in [-0.39, 0.29) is 5.91 Å². The monoisotopic (exact) mass is 306 g/mol. The molecule has 5 nitrogen and oxygen atoms in total. The first kappa shape index (κ1) is 15.0. The van der Waals surface area contributed by atoms with E-state index in [1.165, 1.54) is 0 Å². The molecule has 116 valence electrons. The number of nitrogens with one attached hydrogen (secondary N) is 1. The smallest absolute Gasteiger partial charge is 0.241 e. The SMILES string of the molecule is C/C(=N\NC(=O)CCn1cnc2ccccc21)c1ccccc1. The van der Waals surface area contributed by atoms with Gasteiger partial charge in [-0.25, -0.2) is 10.4 Å². The Morgan fingerprint density at radius 1 is 1.13 bits per heavy atom. The highest BCUT2D eigenvalue weighted by atomic mass is 16.2. The summed E-state index contributed by atoms with van der Waals surface area (Å²) in [5, 5.41) is 4.15. The summed E-state index contributed by atoms with van der Waals surface area (Å²) in [7, 11) is 0. The summed E-state index contributed by atoms with van der Waals surface area (Å²) in [5.74, 6) is -0.113. The number of hydrazone groups is 1. The molecule has 0 bridgehead atoms. The van der Waals surface area contributed by atoms with Gasteiger partial charge in [0.2, 0.25) is 5.91 Å². The van der Waals surface area contributed by atoms with Crippen LogP contribution >= 0.6 is 0 Å². The molecule has 0 atom stereocenters. The predicted octanol–water partition coefficient (Wildman–Crippen LogP) is 2.97. The number of carbonyl (C=O) groups is 1. The van der Waals surface area contributed by atoms with E-state index in [1.807, 2.05) is 66.1 Å². The Labute approximate surface area is 134 Å². The highest BCUT2D eigenvalue weighted by molar-refractivity contribution is 5.99. The van der Waals surface area contributed by atoms with Crippen molar-refractivity contribution < 1.29 is 4.79 Å². The van der Waals surface area contributed by atoms with Gasteiger partial charge >= 0.3 is 0 Å². The van der Waals surface area contributed by atoms with Crippen LogP contribution in [0.5, 0.6) is 0 Å². The topological polar surface area (TPSA) is 59.3 Å². The second-order valence-electron chi connectivity index (χ2n) is 5.27. The fraction of sp³-hybridized carbons (Fsp3) is 0.167. The lowest BCUT2D eigenvalue weighted by atomic mass is 10.1. The van der Waals surface area contributed by atoms with Crippen molar-refractivity contribution >= 4 is 22.7 Å². The number of hydrogen-bond acceptors (Lipinski definition) is 3. The average molecular weight is 306 g/mol. The highest BCUT2D eigenvalue weighted by Gasteiger charge is 2.05. The number of imidazole rings is 1. The van der Waals surface area contributed by atoms with Crippen molar-refractivity contribution in [1.29, 1.82) is 0 Å². The van der Waals surface area contributed by atoms with Crippen LogP contribution in [0.3, 0.4) is 0 Å². The molecule has 2 aromatic carbocycles. The minimum absolute atomic E-state index is 0.113. The molecule has 0 saturated heterocycles. The Balaban J connectivity index is 1.58. The molecule has 0 unspecified atom stereocenters. The van der Waals surface area contributed by atoms with E-state index in [4.69, 9.17) is 0 Å². The van der Waals surface area contributed by atoms with E-state index in [1.54, 1.807) is 6.33 Å². The van der Waals surface area contributed by atoms with E-state index >= 15 is 0 Å². The number of amides is 1. The van der Waals surface area contributed by atoms with Crippen molar-refractivity contribution in [3.8, 4) is 0 Å². The highest BCUT2D eigenvalue weighted by Crippen LogP contribution is 2.12. The molecule has 1 aromatic heterocycles. The number of aryl methyl sites for hydroxylation is 1. The van der Waals surface area contributed by atoms with Gasteiger partial charge < -0.3 is 4.57 Å². The van der Waals surface area contributed by atoms with Crippen LogP contribution in [0.25, 0.3) is 11.0 Å². The second-order valence-corrected chi connectivity index (χ2v) is 5.27. The van der Waals surface area contributed by atoms with Crippen LogP contribution in [0.4, 0.5) is 0 Å². The third-order valence-electron chi connectivity index (χ3n) is 3.65. The zero-order valence-corrected chi connectivity index (χ0v) is 12.9.